The number of benzene rings is 1. The monoisotopic (exact) mass is 338 g/mol. The second-order valence-corrected chi connectivity index (χ2v) is 5.93. The first-order valence-corrected chi connectivity index (χ1v) is 7.59. The molecule has 6 nitrogen and oxygen atoms in total. The lowest BCUT2D eigenvalue weighted by Gasteiger charge is -2.37. The van der Waals surface area contributed by atoms with E-state index in [1.54, 1.807) is 11.8 Å². The Morgan fingerprint density at radius 2 is 2.22 bits per heavy atom. The summed E-state index contributed by atoms with van der Waals surface area (Å²) in [7, 11) is 1.92. The molecule has 1 aliphatic rings. The molecule has 122 valence electrons. The van der Waals surface area contributed by atoms with E-state index in [0.29, 0.717) is 31.3 Å². The number of rotatable bonds is 2. The van der Waals surface area contributed by atoms with Crippen LogP contribution < -0.4 is 0 Å². The summed E-state index contributed by atoms with van der Waals surface area (Å²) in [5, 5.41) is 3.90. The minimum absolute atomic E-state index is 0.0980. The Labute approximate surface area is 137 Å². The third-order valence-corrected chi connectivity index (χ3v) is 4.26. The van der Waals surface area contributed by atoms with Crippen LogP contribution in [-0.2, 0) is 0 Å². The Kier molecular flexibility index (Phi) is 4.32. The van der Waals surface area contributed by atoms with Gasteiger partial charge in [-0.2, -0.15) is 4.98 Å². The maximum Gasteiger partial charge on any atom is 0.258 e. The van der Waals surface area contributed by atoms with Gasteiger partial charge in [-0.05, 0) is 26.1 Å². The average Bonchev–Trinajstić information content (AvgIpc) is 2.93. The topological polar surface area (TPSA) is 62.5 Å². The van der Waals surface area contributed by atoms with Crippen molar-refractivity contribution in [3.8, 4) is 0 Å². The van der Waals surface area contributed by atoms with Crippen LogP contribution in [0.4, 0.5) is 4.39 Å². The minimum Gasteiger partial charge on any atom is -0.338 e. The number of nitrogens with zero attached hydrogens (tertiary/aromatic N) is 4. The molecule has 2 heterocycles. The Morgan fingerprint density at radius 3 is 2.87 bits per heavy atom. The number of hydrogen-bond acceptors (Lipinski definition) is 5. The molecule has 23 heavy (non-hydrogen) atoms. The standard InChI is InChI=1S/C15H16ClFN4O2/c1-9-18-14(23-19-9)12-8-21(7-6-20(12)2)15(22)13-10(16)4-3-5-11(13)17/h3-5,12H,6-8H2,1-2H3. The summed E-state index contributed by atoms with van der Waals surface area (Å²) < 4.78 is 19.2. The van der Waals surface area contributed by atoms with E-state index >= 15 is 0 Å². The molecule has 8 heteroatoms. The van der Waals surface area contributed by atoms with Crippen molar-refractivity contribution in [2.24, 2.45) is 0 Å². The zero-order chi connectivity index (χ0) is 16.6. The normalized spacial score (nSPS) is 19.1. The largest absolute Gasteiger partial charge is 0.338 e. The highest BCUT2D eigenvalue weighted by Crippen LogP contribution is 2.26. The zero-order valence-corrected chi connectivity index (χ0v) is 13.5. The molecule has 2 aromatic rings. The number of amides is 1. The molecule has 0 aliphatic carbocycles. The van der Waals surface area contributed by atoms with Gasteiger partial charge < -0.3 is 9.42 Å². The first kappa shape index (κ1) is 15.9. The van der Waals surface area contributed by atoms with E-state index in [1.165, 1.54) is 18.2 Å². The minimum atomic E-state index is -0.619. The number of carbonyl (C=O) groups is 1. The molecule has 1 aromatic heterocycles. The molecule has 3 rings (SSSR count). The van der Waals surface area contributed by atoms with Crippen molar-refractivity contribution < 1.29 is 13.7 Å². The molecule has 0 bridgehead atoms. The number of aromatic nitrogens is 2. The van der Waals surface area contributed by atoms with Gasteiger partial charge in [0.25, 0.3) is 5.91 Å². The van der Waals surface area contributed by atoms with Crippen molar-refractivity contribution in [2.45, 2.75) is 13.0 Å². The second kappa shape index (κ2) is 6.25. The van der Waals surface area contributed by atoms with Crippen molar-refractivity contribution in [3.05, 3.63) is 46.3 Å². The summed E-state index contributed by atoms with van der Waals surface area (Å²) in [5.41, 5.74) is -0.0980. The van der Waals surface area contributed by atoms with Crippen LogP contribution >= 0.6 is 11.6 Å². The van der Waals surface area contributed by atoms with Gasteiger partial charge >= 0.3 is 0 Å². The van der Waals surface area contributed by atoms with Crippen LogP contribution in [0.3, 0.4) is 0 Å². The predicted octanol–water partition coefficient (Wildman–Crippen LogP) is 2.30. The molecule has 0 N–H and O–H groups in total. The lowest BCUT2D eigenvalue weighted by molar-refractivity contribution is 0.0485. The van der Waals surface area contributed by atoms with Gasteiger partial charge in [-0.25, -0.2) is 4.39 Å². The number of aryl methyl sites for hydroxylation is 1. The molecule has 1 unspecified atom stereocenters. The number of carbonyl (C=O) groups excluding carboxylic acids is 1. The van der Waals surface area contributed by atoms with Gasteiger partial charge in [0.05, 0.1) is 10.6 Å². The Balaban J connectivity index is 1.85. The Hall–Kier alpha value is -1.99. The van der Waals surface area contributed by atoms with Crippen molar-refractivity contribution in [3.63, 3.8) is 0 Å². The van der Waals surface area contributed by atoms with Crippen molar-refractivity contribution in [2.75, 3.05) is 26.7 Å². The van der Waals surface area contributed by atoms with Crippen LogP contribution in [0.1, 0.15) is 28.1 Å². The molecule has 1 atom stereocenters. The molecule has 1 aromatic carbocycles. The molecule has 0 spiro atoms. The summed E-state index contributed by atoms with van der Waals surface area (Å²) in [6, 6.07) is 3.99. The molecule has 0 saturated carbocycles. The number of hydrogen-bond donors (Lipinski definition) is 0. The molecule has 1 fully saturated rings. The fourth-order valence-corrected chi connectivity index (χ4v) is 2.88. The van der Waals surface area contributed by atoms with Gasteiger partial charge in [0.2, 0.25) is 5.89 Å². The molecule has 1 aliphatic heterocycles. The molecular formula is C15H16ClFN4O2. The zero-order valence-electron chi connectivity index (χ0n) is 12.8. The van der Waals surface area contributed by atoms with E-state index in [-0.39, 0.29) is 16.6 Å². The van der Waals surface area contributed by atoms with Gasteiger partial charge in [-0.15, -0.1) is 0 Å². The Bertz CT molecular complexity index is 716. The van der Waals surface area contributed by atoms with Crippen molar-refractivity contribution >= 4 is 17.5 Å². The number of piperazine rings is 1. The average molecular weight is 339 g/mol. The number of halogens is 2. The van der Waals surface area contributed by atoms with Gasteiger partial charge in [0.1, 0.15) is 11.9 Å². The van der Waals surface area contributed by atoms with Crippen LogP contribution in [0.2, 0.25) is 5.02 Å². The fourth-order valence-electron chi connectivity index (χ4n) is 2.63. The molecular weight excluding hydrogens is 323 g/mol. The summed E-state index contributed by atoms with van der Waals surface area (Å²) in [6.07, 6.45) is 0. The first-order valence-electron chi connectivity index (χ1n) is 7.21. The van der Waals surface area contributed by atoms with Crippen LogP contribution in [-0.4, -0.2) is 52.5 Å². The summed E-state index contributed by atoms with van der Waals surface area (Å²) in [4.78, 5) is 20.5. The fraction of sp³-hybridized carbons (Fsp3) is 0.400. The molecule has 0 radical (unpaired) electrons. The highest BCUT2D eigenvalue weighted by Gasteiger charge is 2.33. The quantitative estimate of drug-likeness (QED) is 0.840. The Morgan fingerprint density at radius 1 is 1.43 bits per heavy atom. The van der Waals surface area contributed by atoms with E-state index in [0.717, 1.165) is 0 Å². The molecule has 1 amide bonds. The number of likely N-dealkylation sites (N-methyl/N-ethyl adjacent to an activating group) is 1. The molecule has 1 saturated heterocycles. The summed E-state index contributed by atoms with van der Waals surface area (Å²) >= 11 is 5.99. The third kappa shape index (κ3) is 3.07. The maximum atomic E-state index is 14.0. The summed E-state index contributed by atoms with van der Waals surface area (Å²) in [6.45, 7) is 3.16. The van der Waals surface area contributed by atoms with Gasteiger partial charge in [-0.1, -0.05) is 22.8 Å². The lowest BCUT2D eigenvalue weighted by atomic mass is 10.1. The maximum absolute atomic E-state index is 14.0. The van der Waals surface area contributed by atoms with Gasteiger partial charge in [0.15, 0.2) is 5.82 Å². The van der Waals surface area contributed by atoms with E-state index in [2.05, 4.69) is 10.1 Å². The van der Waals surface area contributed by atoms with E-state index in [4.69, 9.17) is 16.1 Å². The van der Waals surface area contributed by atoms with E-state index < -0.39 is 11.7 Å². The summed E-state index contributed by atoms with van der Waals surface area (Å²) in [5.74, 6) is -0.0646. The third-order valence-electron chi connectivity index (χ3n) is 3.94. The van der Waals surface area contributed by atoms with Crippen LogP contribution in [0, 0.1) is 12.7 Å². The lowest BCUT2D eigenvalue weighted by Crippen LogP contribution is -2.49. The SMILES string of the molecule is Cc1noc(C2CN(C(=O)c3c(F)cccc3Cl)CCN2C)n1. The predicted molar refractivity (Wildman–Crippen MR) is 81.7 cm³/mol. The second-order valence-electron chi connectivity index (χ2n) is 5.52. The highest BCUT2D eigenvalue weighted by molar-refractivity contribution is 6.33. The van der Waals surface area contributed by atoms with Crippen LogP contribution in [0.5, 0.6) is 0 Å². The van der Waals surface area contributed by atoms with Crippen LogP contribution in [0.15, 0.2) is 22.7 Å². The van der Waals surface area contributed by atoms with Crippen LogP contribution in [0.25, 0.3) is 0 Å². The first-order chi connectivity index (χ1) is 11.0. The highest BCUT2D eigenvalue weighted by atomic mass is 35.5. The van der Waals surface area contributed by atoms with E-state index in [9.17, 15) is 9.18 Å². The van der Waals surface area contributed by atoms with Gasteiger partial charge in [0, 0.05) is 19.6 Å². The van der Waals surface area contributed by atoms with Crippen molar-refractivity contribution in [1.29, 1.82) is 0 Å². The van der Waals surface area contributed by atoms with E-state index in [1.807, 2.05) is 11.9 Å². The smallest absolute Gasteiger partial charge is 0.258 e. The van der Waals surface area contributed by atoms with Crippen molar-refractivity contribution in [1.82, 2.24) is 19.9 Å². The van der Waals surface area contributed by atoms with Gasteiger partial charge in [-0.3, -0.25) is 9.69 Å².